The van der Waals surface area contributed by atoms with Gasteiger partial charge in [0.2, 0.25) is 0 Å². The Bertz CT molecular complexity index is 215. The Balaban J connectivity index is 4.58. The second kappa shape index (κ2) is 5.84. The van der Waals surface area contributed by atoms with Gasteiger partial charge in [-0.1, -0.05) is 61.3 Å². The average Bonchev–Trinajstić information content (AvgIpc) is 1.98. The summed E-state index contributed by atoms with van der Waals surface area (Å²) in [5.74, 6) is 0.681. The van der Waals surface area contributed by atoms with E-state index >= 15 is 0 Å². The van der Waals surface area contributed by atoms with Crippen LogP contribution in [0.25, 0.3) is 0 Å². The lowest BCUT2D eigenvalue weighted by Gasteiger charge is -2.31. The fourth-order valence-electron chi connectivity index (χ4n) is 2.13. The van der Waals surface area contributed by atoms with Crippen LogP contribution >= 0.6 is 0 Å². The van der Waals surface area contributed by atoms with Gasteiger partial charge in [-0.15, -0.1) is 0 Å². The van der Waals surface area contributed by atoms with Crippen molar-refractivity contribution >= 4 is 5.78 Å². The summed E-state index contributed by atoms with van der Waals surface area (Å²) in [5, 5.41) is 0. The fourth-order valence-corrected chi connectivity index (χ4v) is 2.13. The first-order valence-corrected chi connectivity index (χ1v) is 6.60. The number of hydrogen-bond donors (Lipinski definition) is 0. The lowest BCUT2D eigenvalue weighted by molar-refractivity contribution is -0.128. The van der Waals surface area contributed by atoms with Crippen LogP contribution in [0.4, 0.5) is 0 Å². The van der Waals surface area contributed by atoms with Crippen LogP contribution in [0, 0.1) is 16.7 Å². The number of ketones is 1. The van der Waals surface area contributed by atoms with Gasteiger partial charge in [0.1, 0.15) is 5.78 Å². The van der Waals surface area contributed by atoms with Crippen molar-refractivity contribution < 1.29 is 4.79 Å². The first-order valence-electron chi connectivity index (χ1n) is 6.60. The van der Waals surface area contributed by atoms with Gasteiger partial charge < -0.3 is 0 Å². The molecule has 0 aliphatic carbocycles. The molecule has 0 aliphatic heterocycles. The third kappa shape index (κ3) is 6.30. The summed E-state index contributed by atoms with van der Waals surface area (Å²) in [5.41, 5.74) is 0.226. The summed E-state index contributed by atoms with van der Waals surface area (Å²) in [4.78, 5) is 12.3. The second-order valence-electron chi connectivity index (χ2n) is 7.26. The molecule has 1 heteroatoms. The summed E-state index contributed by atoms with van der Waals surface area (Å²) < 4.78 is 0. The molecule has 96 valence electrons. The van der Waals surface area contributed by atoms with Gasteiger partial charge in [0.25, 0.3) is 0 Å². The Hall–Kier alpha value is -0.330. The van der Waals surface area contributed by atoms with E-state index < -0.39 is 0 Å². The number of unbranched alkanes of at least 4 members (excludes halogenated alkanes) is 1. The minimum absolute atomic E-state index is 0.109. The van der Waals surface area contributed by atoms with Crippen LogP contribution < -0.4 is 0 Å². The van der Waals surface area contributed by atoms with Gasteiger partial charge in [0.15, 0.2) is 0 Å². The molecule has 1 nitrogen and oxygen atoms in total. The molecular weight excluding hydrogens is 196 g/mol. The normalized spacial score (nSPS) is 14.9. The zero-order valence-electron chi connectivity index (χ0n) is 12.3. The predicted octanol–water partition coefficient (Wildman–Crippen LogP) is 4.84. The van der Waals surface area contributed by atoms with Gasteiger partial charge in [-0.3, -0.25) is 4.79 Å². The van der Waals surface area contributed by atoms with Gasteiger partial charge in [-0.2, -0.15) is 0 Å². The maximum atomic E-state index is 12.3. The Labute approximate surface area is 102 Å². The summed E-state index contributed by atoms with van der Waals surface area (Å²) in [6.07, 6.45) is 4.10. The topological polar surface area (TPSA) is 17.1 Å². The third-order valence-corrected chi connectivity index (χ3v) is 2.98. The van der Waals surface area contributed by atoms with E-state index in [1.807, 2.05) is 0 Å². The van der Waals surface area contributed by atoms with Gasteiger partial charge in [-0.05, 0) is 17.3 Å². The van der Waals surface area contributed by atoms with E-state index in [4.69, 9.17) is 0 Å². The van der Waals surface area contributed by atoms with Gasteiger partial charge in [-0.25, -0.2) is 0 Å². The van der Waals surface area contributed by atoms with Crippen molar-refractivity contribution in [2.75, 3.05) is 0 Å². The SMILES string of the molecule is CCCCC(C(=O)CC(C)(C)C)C(C)(C)C. The highest BCUT2D eigenvalue weighted by atomic mass is 16.1. The van der Waals surface area contributed by atoms with Crippen molar-refractivity contribution in [3.63, 3.8) is 0 Å². The van der Waals surface area contributed by atoms with E-state index in [9.17, 15) is 4.79 Å². The molecule has 0 aromatic rings. The summed E-state index contributed by atoms with van der Waals surface area (Å²) in [6, 6.07) is 0. The van der Waals surface area contributed by atoms with Gasteiger partial charge in [0, 0.05) is 12.3 Å². The maximum absolute atomic E-state index is 12.3. The van der Waals surface area contributed by atoms with Crippen molar-refractivity contribution in [2.45, 2.75) is 74.1 Å². The van der Waals surface area contributed by atoms with Crippen molar-refractivity contribution in [1.29, 1.82) is 0 Å². The van der Waals surface area contributed by atoms with Crippen LogP contribution in [0.2, 0.25) is 0 Å². The minimum Gasteiger partial charge on any atom is -0.299 e. The summed E-state index contributed by atoms with van der Waals surface area (Å²) in [6.45, 7) is 15.2. The second-order valence-corrected chi connectivity index (χ2v) is 7.26. The summed E-state index contributed by atoms with van der Waals surface area (Å²) in [7, 11) is 0. The number of hydrogen-bond acceptors (Lipinski definition) is 1. The van der Waals surface area contributed by atoms with E-state index in [1.54, 1.807) is 0 Å². The van der Waals surface area contributed by atoms with Crippen LogP contribution in [-0.4, -0.2) is 5.78 Å². The monoisotopic (exact) mass is 226 g/mol. The average molecular weight is 226 g/mol. The standard InChI is InChI=1S/C15H30O/c1-8-9-10-12(15(5,6)7)13(16)11-14(2,3)4/h12H,8-11H2,1-7H3. The first-order chi connectivity index (χ1) is 7.08. The van der Waals surface area contributed by atoms with Crippen LogP contribution in [0.3, 0.4) is 0 Å². The predicted molar refractivity (Wildman–Crippen MR) is 71.5 cm³/mol. The van der Waals surface area contributed by atoms with Gasteiger partial charge >= 0.3 is 0 Å². The Kier molecular flexibility index (Phi) is 5.72. The molecule has 0 aliphatic rings. The molecule has 0 rings (SSSR count). The van der Waals surface area contributed by atoms with E-state index in [0.29, 0.717) is 12.2 Å². The molecule has 0 saturated carbocycles. The van der Waals surface area contributed by atoms with Crippen molar-refractivity contribution in [1.82, 2.24) is 0 Å². The molecule has 0 fully saturated rings. The Morgan fingerprint density at radius 1 is 1.06 bits per heavy atom. The lowest BCUT2D eigenvalue weighted by Crippen LogP contribution is -2.31. The van der Waals surface area contributed by atoms with Crippen molar-refractivity contribution in [2.24, 2.45) is 16.7 Å². The molecule has 0 bridgehead atoms. The molecular formula is C15H30O. The largest absolute Gasteiger partial charge is 0.299 e. The van der Waals surface area contributed by atoms with Crippen LogP contribution in [0.15, 0.2) is 0 Å². The number of carbonyl (C=O) groups is 1. The molecule has 0 radical (unpaired) electrons. The quantitative estimate of drug-likeness (QED) is 0.655. The molecule has 0 saturated heterocycles. The van der Waals surface area contributed by atoms with Crippen molar-refractivity contribution in [3.05, 3.63) is 0 Å². The molecule has 0 spiro atoms. The van der Waals surface area contributed by atoms with E-state index in [1.165, 1.54) is 6.42 Å². The zero-order chi connectivity index (χ0) is 13.0. The third-order valence-electron chi connectivity index (χ3n) is 2.98. The van der Waals surface area contributed by atoms with Crippen LogP contribution in [-0.2, 0) is 4.79 Å². The van der Waals surface area contributed by atoms with Gasteiger partial charge in [0.05, 0.1) is 0 Å². The van der Waals surface area contributed by atoms with E-state index in [0.717, 1.165) is 12.8 Å². The molecule has 0 N–H and O–H groups in total. The highest BCUT2D eigenvalue weighted by Gasteiger charge is 2.32. The molecule has 1 unspecified atom stereocenters. The van der Waals surface area contributed by atoms with Crippen LogP contribution in [0.1, 0.15) is 74.1 Å². The van der Waals surface area contributed by atoms with Crippen molar-refractivity contribution in [3.8, 4) is 0 Å². The molecule has 16 heavy (non-hydrogen) atoms. The summed E-state index contributed by atoms with van der Waals surface area (Å²) >= 11 is 0. The van der Waals surface area contributed by atoms with E-state index in [2.05, 4.69) is 48.5 Å². The number of carbonyl (C=O) groups excluding carboxylic acids is 1. The van der Waals surface area contributed by atoms with E-state index in [-0.39, 0.29) is 16.7 Å². The number of Topliss-reactive ketones (excluding diaryl/α,β-unsaturated/α-hetero) is 1. The molecule has 1 atom stereocenters. The molecule has 0 amide bonds. The lowest BCUT2D eigenvalue weighted by atomic mass is 9.72. The zero-order valence-corrected chi connectivity index (χ0v) is 12.3. The number of rotatable bonds is 5. The molecule has 0 aromatic heterocycles. The maximum Gasteiger partial charge on any atom is 0.137 e. The Morgan fingerprint density at radius 2 is 1.56 bits per heavy atom. The highest BCUT2D eigenvalue weighted by molar-refractivity contribution is 5.82. The fraction of sp³-hybridized carbons (Fsp3) is 0.933. The van der Waals surface area contributed by atoms with Crippen LogP contribution in [0.5, 0.6) is 0 Å². The smallest absolute Gasteiger partial charge is 0.137 e. The minimum atomic E-state index is 0.109. The molecule has 0 aromatic carbocycles. The molecule has 0 heterocycles. The highest BCUT2D eigenvalue weighted by Crippen LogP contribution is 2.34. The Morgan fingerprint density at radius 3 is 1.88 bits per heavy atom. The first kappa shape index (κ1) is 15.7.